The SMILES string of the molecule is O=C(OCc1cc(=O)oc2ccc3ccccc3c12)c1cc(-c2ccc(Br)cc2)nc2ccccc12. The van der Waals surface area contributed by atoms with E-state index in [0.29, 0.717) is 33.3 Å². The van der Waals surface area contributed by atoms with Crippen molar-refractivity contribution in [1.82, 2.24) is 4.98 Å². The summed E-state index contributed by atoms with van der Waals surface area (Å²) in [5, 5.41) is 3.39. The van der Waals surface area contributed by atoms with Crippen LogP contribution in [0.3, 0.4) is 0 Å². The predicted octanol–water partition coefficient (Wildman–Crippen LogP) is 7.28. The van der Waals surface area contributed by atoms with Crippen LogP contribution in [0.15, 0.2) is 111 Å². The number of esters is 1. The molecule has 6 heteroatoms. The molecule has 0 bridgehead atoms. The molecule has 0 N–H and O–H groups in total. The standard InChI is InChI=1S/C30H18BrNO4/c31-21-12-9-19(10-13-21)26-16-24(23-7-3-4-8-25(23)32-26)30(34)35-17-20-15-28(33)36-27-14-11-18-5-1-2-6-22(18)29(20)27/h1-16H,17H2. The Labute approximate surface area is 214 Å². The van der Waals surface area contributed by atoms with Crippen LogP contribution >= 0.6 is 15.9 Å². The minimum atomic E-state index is -0.492. The molecule has 0 atom stereocenters. The number of halogens is 1. The fourth-order valence-corrected chi connectivity index (χ4v) is 4.73. The molecule has 0 aliphatic rings. The van der Waals surface area contributed by atoms with E-state index in [9.17, 15) is 9.59 Å². The van der Waals surface area contributed by atoms with Crippen molar-refractivity contribution < 1.29 is 13.9 Å². The predicted molar refractivity (Wildman–Crippen MR) is 144 cm³/mol. The third-order valence-electron chi connectivity index (χ3n) is 6.15. The van der Waals surface area contributed by atoms with Crippen LogP contribution in [0.1, 0.15) is 15.9 Å². The lowest BCUT2D eigenvalue weighted by Gasteiger charge is -2.12. The summed E-state index contributed by atoms with van der Waals surface area (Å²) in [5.74, 6) is -0.492. The number of nitrogens with zero attached hydrogens (tertiary/aromatic N) is 1. The Morgan fingerprint density at radius 1 is 0.861 bits per heavy atom. The van der Waals surface area contributed by atoms with E-state index >= 15 is 0 Å². The van der Waals surface area contributed by atoms with Crippen LogP contribution in [-0.4, -0.2) is 11.0 Å². The van der Waals surface area contributed by atoms with Crippen molar-refractivity contribution in [3.63, 3.8) is 0 Å². The Kier molecular flexibility index (Phi) is 5.58. The fraction of sp³-hybridized carbons (Fsp3) is 0.0333. The van der Waals surface area contributed by atoms with Crippen LogP contribution in [0.4, 0.5) is 0 Å². The second-order valence-electron chi connectivity index (χ2n) is 8.41. The molecule has 0 aliphatic heterocycles. The van der Waals surface area contributed by atoms with E-state index < -0.39 is 11.6 Å². The Morgan fingerprint density at radius 2 is 1.61 bits per heavy atom. The largest absolute Gasteiger partial charge is 0.457 e. The van der Waals surface area contributed by atoms with Crippen molar-refractivity contribution in [3.8, 4) is 11.3 Å². The summed E-state index contributed by atoms with van der Waals surface area (Å²) in [6, 6.07) is 29.9. The summed E-state index contributed by atoms with van der Waals surface area (Å²) < 4.78 is 12.2. The Balaban J connectivity index is 1.41. The number of benzene rings is 4. The van der Waals surface area contributed by atoms with Crippen molar-refractivity contribution in [2.75, 3.05) is 0 Å². The molecule has 6 rings (SSSR count). The smallest absolute Gasteiger partial charge is 0.339 e. The topological polar surface area (TPSA) is 69.4 Å². The van der Waals surface area contributed by atoms with Crippen molar-refractivity contribution in [2.45, 2.75) is 6.61 Å². The summed E-state index contributed by atoms with van der Waals surface area (Å²) in [6.45, 7) is -0.0702. The van der Waals surface area contributed by atoms with E-state index in [0.717, 1.165) is 26.2 Å². The maximum atomic E-state index is 13.4. The van der Waals surface area contributed by atoms with Gasteiger partial charge in [-0.15, -0.1) is 0 Å². The van der Waals surface area contributed by atoms with Crippen molar-refractivity contribution in [3.05, 3.63) is 123 Å². The summed E-state index contributed by atoms with van der Waals surface area (Å²) in [7, 11) is 0. The van der Waals surface area contributed by atoms with Crippen molar-refractivity contribution >= 4 is 54.5 Å². The summed E-state index contributed by atoms with van der Waals surface area (Å²) in [6.07, 6.45) is 0. The molecule has 2 aromatic heterocycles. The molecule has 0 radical (unpaired) electrons. The maximum absolute atomic E-state index is 13.4. The van der Waals surface area contributed by atoms with Gasteiger partial charge in [-0.2, -0.15) is 0 Å². The molecule has 0 spiro atoms. The lowest BCUT2D eigenvalue weighted by atomic mass is 10.0. The number of para-hydroxylation sites is 1. The molecule has 4 aromatic carbocycles. The fourth-order valence-electron chi connectivity index (χ4n) is 4.47. The highest BCUT2D eigenvalue weighted by Crippen LogP contribution is 2.29. The quantitative estimate of drug-likeness (QED) is 0.135. The monoisotopic (exact) mass is 535 g/mol. The number of fused-ring (bicyclic) bond motifs is 4. The summed E-state index contributed by atoms with van der Waals surface area (Å²) >= 11 is 3.45. The van der Waals surface area contributed by atoms with Gasteiger partial charge in [-0.3, -0.25) is 0 Å². The van der Waals surface area contributed by atoms with Crippen LogP contribution in [0, 0.1) is 0 Å². The summed E-state index contributed by atoms with van der Waals surface area (Å²) in [4.78, 5) is 30.4. The molecule has 36 heavy (non-hydrogen) atoms. The Hall–Kier alpha value is -4.29. The molecular weight excluding hydrogens is 518 g/mol. The number of carbonyl (C=O) groups is 1. The first kappa shape index (κ1) is 22.2. The highest BCUT2D eigenvalue weighted by molar-refractivity contribution is 9.10. The van der Waals surface area contributed by atoms with Crippen LogP contribution in [-0.2, 0) is 11.3 Å². The average molecular weight is 536 g/mol. The molecule has 174 valence electrons. The third kappa shape index (κ3) is 4.06. The first-order chi connectivity index (χ1) is 17.6. The van der Waals surface area contributed by atoms with Crippen LogP contribution in [0.25, 0.3) is 43.9 Å². The van der Waals surface area contributed by atoms with Gasteiger partial charge in [0.05, 0.1) is 16.8 Å². The zero-order chi connectivity index (χ0) is 24.6. The number of ether oxygens (including phenoxy) is 1. The van der Waals surface area contributed by atoms with E-state index in [4.69, 9.17) is 14.1 Å². The first-order valence-corrected chi connectivity index (χ1v) is 12.1. The van der Waals surface area contributed by atoms with E-state index in [1.165, 1.54) is 6.07 Å². The number of aromatic nitrogens is 1. The van der Waals surface area contributed by atoms with E-state index in [1.807, 2.05) is 78.9 Å². The van der Waals surface area contributed by atoms with Gasteiger partial charge in [0.25, 0.3) is 0 Å². The van der Waals surface area contributed by atoms with Gasteiger partial charge in [-0.05, 0) is 41.1 Å². The molecule has 0 unspecified atom stereocenters. The lowest BCUT2D eigenvalue weighted by Crippen LogP contribution is -2.09. The highest BCUT2D eigenvalue weighted by Gasteiger charge is 2.17. The molecular formula is C30H18BrNO4. The van der Waals surface area contributed by atoms with E-state index in [1.54, 1.807) is 12.1 Å². The average Bonchev–Trinajstić information content (AvgIpc) is 2.91. The number of rotatable bonds is 4. The Bertz CT molecular complexity index is 1840. The molecule has 0 saturated carbocycles. The van der Waals surface area contributed by atoms with Crippen LogP contribution in [0.5, 0.6) is 0 Å². The van der Waals surface area contributed by atoms with Crippen LogP contribution in [0.2, 0.25) is 0 Å². The van der Waals surface area contributed by atoms with Gasteiger partial charge in [0.1, 0.15) is 12.2 Å². The highest BCUT2D eigenvalue weighted by atomic mass is 79.9. The molecule has 6 aromatic rings. The first-order valence-electron chi connectivity index (χ1n) is 11.3. The number of pyridine rings is 1. The zero-order valence-corrected chi connectivity index (χ0v) is 20.5. The van der Waals surface area contributed by atoms with Gasteiger partial charge in [0.15, 0.2) is 0 Å². The number of hydrogen-bond donors (Lipinski definition) is 0. The van der Waals surface area contributed by atoms with Gasteiger partial charge in [0, 0.05) is 32.4 Å². The second kappa shape index (κ2) is 9.06. The van der Waals surface area contributed by atoms with Gasteiger partial charge in [0.2, 0.25) is 0 Å². The van der Waals surface area contributed by atoms with Crippen molar-refractivity contribution in [1.29, 1.82) is 0 Å². The van der Waals surface area contributed by atoms with E-state index in [2.05, 4.69) is 15.9 Å². The molecule has 5 nitrogen and oxygen atoms in total. The number of carbonyl (C=O) groups excluding carboxylic acids is 1. The van der Waals surface area contributed by atoms with Gasteiger partial charge in [-0.1, -0.05) is 76.6 Å². The van der Waals surface area contributed by atoms with Gasteiger partial charge >= 0.3 is 11.6 Å². The minimum absolute atomic E-state index is 0.0702. The summed E-state index contributed by atoms with van der Waals surface area (Å²) in [5.41, 5.74) is 3.23. The molecule has 0 fully saturated rings. The molecule has 0 amide bonds. The Morgan fingerprint density at radius 3 is 2.44 bits per heavy atom. The molecule has 0 saturated heterocycles. The third-order valence-corrected chi connectivity index (χ3v) is 6.68. The molecule has 0 aliphatic carbocycles. The van der Waals surface area contributed by atoms with E-state index in [-0.39, 0.29) is 6.61 Å². The van der Waals surface area contributed by atoms with Gasteiger partial charge in [-0.25, -0.2) is 14.6 Å². The normalized spacial score (nSPS) is 11.2. The molecule has 2 heterocycles. The second-order valence-corrected chi connectivity index (χ2v) is 9.32. The van der Waals surface area contributed by atoms with Gasteiger partial charge < -0.3 is 9.15 Å². The van der Waals surface area contributed by atoms with Crippen molar-refractivity contribution in [2.24, 2.45) is 0 Å². The minimum Gasteiger partial charge on any atom is -0.457 e. The number of hydrogen-bond acceptors (Lipinski definition) is 5. The zero-order valence-electron chi connectivity index (χ0n) is 18.9. The maximum Gasteiger partial charge on any atom is 0.339 e. The van der Waals surface area contributed by atoms with Crippen LogP contribution < -0.4 is 5.63 Å². The lowest BCUT2D eigenvalue weighted by molar-refractivity contribution is 0.0476.